The van der Waals surface area contributed by atoms with E-state index in [1.807, 2.05) is 32.2 Å². The Morgan fingerprint density at radius 3 is 2.79 bits per heavy atom. The van der Waals surface area contributed by atoms with Crippen LogP contribution in [0.1, 0.15) is 36.1 Å². The lowest BCUT2D eigenvalue weighted by molar-refractivity contribution is 0.306. The number of hydrazone groups is 1. The highest BCUT2D eigenvalue weighted by molar-refractivity contribution is 7.34. The van der Waals surface area contributed by atoms with Gasteiger partial charge in [0, 0.05) is 39.5 Å². The second kappa shape index (κ2) is 10.2. The predicted molar refractivity (Wildman–Crippen MR) is 141 cm³/mol. The van der Waals surface area contributed by atoms with Crippen molar-refractivity contribution in [2.75, 3.05) is 0 Å². The third-order valence-electron chi connectivity index (χ3n) is 5.70. The Labute approximate surface area is 204 Å². The highest BCUT2D eigenvalue weighted by Crippen LogP contribution is 2.35. The molecule has 2 N–H and O–H groups in total. The van der Waals surface area contributed by atoms with Crippen molar-refractivity contribution in [3.8, 4) is 28.7 Å². The Balaban J connectivity index is 1.30. The van der Waals surface area contributed by atoms with Crippen LogP contribution in [0, 0.1) is 18.8 Å². The first kappa shape index (κ1) is 22.3. The highest BCUT2D eigenvalue weighted by Gasteiger charge is 2.15. The number of nitrogens with zero attached hydrogens (tertiary/aromatic N) is 3. The minimum absolute atomic E-state index is 0.0971. The van der Waals surface area contributed by atoms with Crippen molar-refractivity contribution < 1.29 is 4.74 Å². The molecule has 1 aliphatic heterocycles. The molecule has 2 aromatic heterocycles. The molecule has 0 fully saturated rings. The van der Waals surface area contributed by atoms with Gasteiger partial charge in [-0.3, -0.25) is 5.20 Å². The van der Waals surface area contributed by atoms with E-state index in [0.717, 1.165) is 40.4 Å². The van der Waals surface area contributed by atoms with Crippen molar-refractivity contribution in [2.45, 2.75) is 32.8 Å². The first-order valence-electron chi connectivity index (χ1n) is 11.0. The molecule has 0 spiro atoms. The number of ether oxygens (including phenoxy) is 1. The SMILES string of the molecule is CC#CC(CC1=NNPN1)c1ccc(OCc2ccc3scc(-c4cncnc4C)c3c2)cc1. The van der Waals surface area contributed by atoms with Crippen LogP contribution in [0.5, 0.6) is 5.75 Å². The lowest BCUT2D eigenvalue weighted by Gasteiger charge is -2.12. The molecule has 2 aromatic carbocycles. The van der Waals surface area contributed by atoms with Gasteiger partial charge in [-0.05, 0) is 54.6 Å². The Kier molecular flexibility index (Phi) is 6.71. The minimum atomic E-state index is 0.0971. The number of thiophene rings is 1. The average molecular weight is 486 g/mol. The molecular weight excluding hydrogens is 461 g/mol. The van der Waals surface area contributed by atoms with E-state index >= 15 is 0 Å². The quantitative estimate of drug-likeness (QED) is 0.257. The molecule has 8 heteroatoms. The first-order valence-corrected chi connectivity index (χ1v) is 12.8. The van der Waals surface area contributed by atoms with Crippen LogP contribution in [-0.2, 0) is 6.61 Å². The molecule has 0 saturated carbocycles. The van der Waals surface area contributed by atoms with Crippen LogP contribution in [0.15, 0.2) is 65.5 Å². The van der Waals surface area contributed by atoms with Gasteiger partial charge in [0.15, 0.2) is 0 Å². The zero-order valence-electron chi connectivity index (χ0n) is 18.9. The Morgan fingerprint density at radius 2 is 2.03 bits per heavy atom. The van der Waals surface area contributed by atoms with Crippen LogP contribution in [0.2, 0.25) is 0 Å². The fourth-order valence-electron chi connectivity index (χ4n) is 3.93. The summed E-state index contributed by atoms with van der Waals surface area (Å²) < 4.78 is 7.35. The standard InChI is InChI=1S/C26H24N5OPS/c1-3-4-20(12-26-29-31-33-30-26)19-6-8-21(9-7-19)32-14-18-5-10-25-22(11-18)24(15-34-25)23-13-27-16-28-17(23)2/h5-11,13,15-16,20,31,33H,12,14H2,1-2H3,(H,29,30). The number of hydrogen-bond acceptors (Lipinski definition) is 7. The molecule has 0 bridgehead atoms. The molecule has 0 aliphatic carbocycles. The molecule has 6 nitrogen and oxygen atoms in total. The van der Waals surface area contributed by atoms with E-state index in [-0.39, 0.29) is 5.92 Å². The van der Waals surface area contributed by atoms with Crippen molar-refractivity contribution in [3.63, 3.8) is 0 Å². The van der Waals surface area contributed by atoms with Gasteiger partial charge in [0.1, 0.15) is 24.5 Å². The molecule has 2 unspecified atom stereocenters. The summed E-state index contributed by atoms with van der Waals surface area (Å²) in [6.07, 6.45) is 4.24. The number of aromatic nitrogens is 2. The van der Waals surface area contributed by atoms with E-state index in [1.54, 1.807) is 17.7 Å². The molecule has 0 amide bonds. The number of benzene rings is 2. The summed E-state index contributed by atoms with van der Waals surface area (Å²) >= 11 is 1.74. The van der Waals surface area contributed by atoms with Crippen molar-refractivity contribution in [3.05, 3.63) is 77.2 Å². The van der Waals surface area contributed by atoms with Gasteiger partial charge in [0.25, 0.3) is 0 Å². The number of rotatable bonds is 7. The van der Waals surface area contributed by atoms with Crippen LogP contribution in [-0.4, -0.2) is 15.8 Å². The summed E-state index contributed by atoms with van der Waals surface area (Å²) in [5, 5.41) is 13.9. The van der Waals surface area contributed by atoms with Gasteiger partial charge in [-0.25, -0.2) is 9.97 Å². The van der Waals surface area contributed by atoms with Gasteiger partial charge in [-0.2, -0.15) is 5.10 Å². The van der Waals surface area contributed by atoms with Crippen molar-refractivity contribution in [1.29, 1.82) is 0 Å². The minimum Gasteiger partial charge on any atom is -0.489 e. The summed E-state index contributed by atoms with van der Waals surface area (Å²) in [6.45, 7) is 4.39. The summed E-state index contributed by atoms with van der Waals surface area (Å²) in [4.78, 5) is 8.56. The third-order valence-corrected chi connectivity index (χ3v) is 7.30. The van der Waals surface area contributed by atoms with Crippen molar-refractivity contribution in [2.24, 2.45) is 5.10 Å². The Morgan fingerprint density at radius 1 is 1.15 bits per heavy atom. The van der Waals surface area contributed by atoms with E-state index in [1.165, 1.54) is 15.6 Å². The number of amidine groups is 1. The van der Waals surface area contributed by atoms with Crippen LogP contribution in [0.25, 0.3) is 21.2 Å². The highest BCUT2D eigenvalue weighted by atomic mass is 32.1. The third kappa shape index (κ3) is 4.89. The van der Waals surface area contributed by atoms with Crippen LogP contribution >= 0.6 is 20.2 Å². The smallest absolute Gasteiger partial charge is 0.128 e. The number of fused-ring (bicyclic) bond motifs is 1. The van der Waals surface area contributed by atoms with Gasteiger partial charge in [-0.1, -0.05) is 24.1 Å². The Bertz CT molecular complexity index is 1400. The van der Waals surface area contributed by atoms with Crippen LogP contribution < -0.4 is 15.0 Å². The van der Waals surface area contributed by atoms with Gasteiger partial charge in [0.2, 0.25) is 0 Å². The Hall–Kier alpha value is -3.46. The number of hydrogen-bond donors (Lipinski definition) is 2. The van der Waals surface area contributed by atoms with E-state index in [0.29, 0.717) is 15.5 Å². The zero-order chi connectivity index (χ0) is 23.3. The number of aryl methyl sites for hydroxylation is 1. The zero-order valence-corrected chi connectivity index (χ0v) is 20.7. The largest absolute Gasteiger partial charge is 0.489 e. The molecule has 0 radical (unpaired) electrons. The molecule has 34 heavy (non-hydrogen) atoms. The van der Waals surface area contributed by atoms with Gasteiger partial charge < -0.3 is 9.82 Å². The molecule has 2 atom stereocenters. The van der Waals surface area contributed by atoms with Crippen molar-refractivity contribution in [1.82, 2.24) is 20.3 Å². The van der Waals surface area contributed by atoms with E-state index in [9.17, 15) is 0 Å². The lowest BCUT2D eigenvalue weighted by atomic mass is 9.95. The topological polar surface area (TPSA) is 71.4 Å². The van der Waals surface area contributed by atoms with Crippen LogP contribution in [0.3, 0.4) is 0 Å². The van der Waals surface area contributed by atoms with Crippen molar-refractivity contribution >= 4 is 36.1 Å². The van der Waals surface area contributed by atoms with E-state index in [2.05, 4.69) is 72.9 Å². The lowest BCUT2D eigenvalue weighted by Crippen LogP contribution is -2.14. The molecule has 4 aromatic rings. The van der Waals surface area contributed by atoms with E-state index < -0.39 is 0 Å². The number of nitrogens with one attached hydrogen (secondary N) is 2. The molecule has 5 rings (SSSR count). The average Bonchev–Trinajstić information content (AvgIpc) is 3.53. The maximum atomic E-state index is 6.11. The van der Waals surface area contributed by atoms with Gasteiger partial charge >= 0.3 is 0 Å². The van der Waals surface area contributed by atoms with E-state index in [4.69, 9.17) is 4.74 Å². The van der Waals surface area contributed by atoms with Gasteiger partial charge in [0.05, 0.1) is 14.8 Å². The first-order chi connectivity index (χ1) is 16.7. The second-order valence-corrected chi connectivity index (χ2v) is 9.57. The predicted octanol–water partition coefficient (Wildman–Crippen LogP) is 5.76. The second-order valence-electron chi connectivity index (χ2n) is 7.93. The summed E-state index contributed by atoms with van der Waals surface area (Å²) in [6, 6.07) is 14.7. The molecule has 0 saturated heterocycles. The molecule has 1 aliphatic rings. The summed E-state index contributed by atoms with van der Waals surface area (Å²) in [5.74, 6) is 8.23. The maximum absolute atomic E-state index is 6.11. The monoisotopic (exact) mass is 485 g/mol. The maximum Gasteiger partial charge on any atom is 0.128 e. The van der Waals surface area contributed by atoms with Gasteiger partial charge in [-0.15, -0.1) is 17.3 Å². The molecular formula is C26H24N5OPS. The van der Waals surface area contributed by atoms with Crippen LogP contribution in [0.4, 0.5) is 0 Å². The normalized spacial score (nSPS) is 14.1. The fraction of sp³-hybridized carbons (Fsp3) is 0.192. The molecule has 170 valence electrons. The summed E-state index contributed by atoms with van der Waals surface area (Å²) in [7, 11) is 0.440. The fourth-order valence-corrected chi connectivity index (χ4v) is 5.42. The molecule has 3 heterocycles. The summed E-state index contributed by atoms with van der Waals surface area (Å²) in [5.41, 5.74) is 5.51.